The molecular weight excluding hydrogens is 305 g/mol. The molecule has 1 unspecified atom stereocenters. The number of piperazine rings is 1. The van der Waals surface area contributed by atoms with E-state index in [1.54, 1.807) is 12.1 Å². The summed E-state index contributed by atoms with van der Waals surface area (Å²) in [5, 5.41) is 0. The Labute approximate surface area is 144 Å². The first-order chi connectivity index (χ1) is 11.5. The zero-order valence-corrected chi connectivity index (χ0v) is 14.7. The van der Waals surface area contributed by atoms with Gasteiger partial charge in [-0.1, -0.05) is 0 Å². The van der Waals surface area contributed by atoms with Crippen LogP contribution in [0.25, 0.3) is 0 Å². The molecule has 2 aliphatic rings. The predicted octanol–water partition coefficient (Wildman–Crippen LogP) is 2.31. The van der Waals surface area contributed by atoms with Gasteiger partial charge in [0.1, 0.15) is 5.82 Å². The Kier molecular flexibility index (Phi) is 5.51. The number of halogens is 1. The van der Waals surface area contributed by atoms with Gasteiger partial charge in [-0.2, -0.15) is 0 Å². The van der Waals surface area contributed by atoms with Crippen molar-refractivity contribution >= 4 is 5.91 Å². The Bertz CT molecular complexity index is 554. The summed E-state index contributed by atoms with van der Waals surface area (Å²) < 4.78 is 13.0. The monoisotopic (exact) mass is 333 g/mol. The van der Waals surface area contributed by atoms with Gasteiger partial charge in [-0.15, -0.1) is 0 Å². The van der Waals surface area contributed by atoms with Crippen LogP contribution < -0.4 is 0 Å². The first-order valence-corrected chi connectivity index (χ1v) is 9.00. The van der Waals surface area contributed by atoms with Crippen molar-refractivity contribution in [3.63, 3.8) is 0 Å². The minimum atomic E-state index is -0.299. The van der Waals surface area contributed by atoms with E-state index < -0.39 is 0 Å². The van der Waals surface area contributed by atoms with Gasteiger partial charge in [0.2, 0.25) is 0 Å². The molecule has 132 valence electrons. The molecule has 0 saturated carbocycles. The molecule has 0 radical (unpaired) electrons. The van der Waals surface area contributed by atoms with Gasteiger partial charge >= 0.3 is 0 Å². The molecule has 0 aliphatic carbocycles. The summed E-state index contributed by atoms with van der Waals surface area (Å²) in [5.41, 5.74) is 0.586. The number of hydrogen-bond donors (Lipinski definition) is 0. The molecule has 5 heteroatoms. The van der Waals surface area contributed by atoms with Crippen LogP contribution in [0.15, 0.2) is 24.3 Å². The number of piperidine rings is 1. The van der Waals surface area contributed by atoms with Crippen molar-refractivity contribution in [3.05, 3.63) is 35.6 Å². The van der Waals surface area contributed by atoms with Gasteiger partial charge in [0.05, 0.1) is 0 Å². The molecule has 1 atom stereocenters. The van der Waals surface area contributed by atoms with Crippen molar-refractivity contribution in [2.45, 2.75) is 25.8 Å². The quantitative estimate of drug-likeness (QED) is 0.849. The molecule has 3 rings (SSSR count). The summed E-state index contributed by atoms with van der Waals surface area (Å²) in [6, 6.07) is 6.48. The van der Waals surface area contributed by atoms with E-state index in [1.807, 2.05) is 4.90 Å². The van der Waals surface area contributed by atoms with Gasteiger partial charge in [0.25, 0.3) is 5.91 Å². The molecule has 1 aromatic carbocycles. The van der Waals surface area contributed by atoms with E-state index in [2.05, 4.69) is 23.8 Å². The topological polar surface area (TPSA) is 26.8 Å². The van der Waals surface area contributed by atoms with Crippen LogP contribution >= 0.6 is 0 Å². The minimum absolute atomic E-state index is 0.0291. The zero-order chi connectivity index (χ0) is 17.1. The highest BCUT2D eigenvalue weighted by Gasteiger charge is 2.28. The highest BCUT2D eigenvalue weighted by atomic mass is 19.1. The summed E-state index contributed by atoms with van der Waals surface area (Å²) in [6.07, 6.45) is 2.12. The van der Waals surface area contributed by atoms with Gasteiger partial charge < -0.3 is 9.80 Å². The van der Waals surface area contributed by atoms with Crippen LogP contribution in [-0.4, -0.2) is 73.0 Å². The van der Waals surface area contributed by atoms with Crippen molar-refractivity contribution in [2.75, 3.05) is 46.3 Å². The third-order valence-electron chi connectivity index (χ3n) is 5.45. The van der Waals surface area contributed by atoms with Crippen molar-refractivity contribution in [1.29, 1.82) is 0 Å². The molecule has 4 nitrogen and oxygen atoms in total. The lowest BCUT2D eigenvalue weighted by molar-refractivity contribution is 0.0556. The fourth-order valence-corrected chi connectivity index (χ4v) is 3.87. The van der Waals surface area contributed by atoms with E-state index in [0.29, 0.717) is 17.5 Å². The van der Waals surface area contributed by atoms with Crippen LogP contribution in [-0.2, 0) is 0 Å². The third kappa shape index (κ3) is 4.14. The molecule has 1 amide bonds. The third-order valence-corrected chi connectivity index (χ3v) is 5.45. The van der Waals surface area contributed by atoms with Crippen molar-refractivity contribution in [2.24, 2.45) is 5.92 Å². The predicted molar refractivity (Wildman–Crippen MR) is 93.6 cm³/mol. The Morgan fingerprint density at radius 1 is 1.12 bits per heavy atom. The Morgan fingerprint density at radius 3 is 2.42 bits per heavy atom. The maximum atomic E-state index is 13.0. The minimum Gasteiger partial charge on any atom is -0.339 e. The number of carbonyl (C=O) groups excluding carboxylic acids is 1. The van der Waals surface area contributed by atoms with Gasteiger partial charge in [-0.25, -0.2) is 4.39 Å². The maximum Gasteiger partial charge on any atom is 0.253 e. The van der Waals surface area contributed by atoms with Gasteiger partial charge in [-0.05, 0) is 57.0 Å². The number of likely N-dealkylation sites (tertiary alicyclic amines) is 1. The average molecular weight is 333 g/mol. The number of likely N-dealkylation sites (N-methyl/N-ethyl adjacent to an activating group) is 1. The van der Waals surface area contributed by atoms with Crippen LogP contribution in [0.4, 0.5) is 4.39 Å². The van der Waals surface area contributed by atoms with E-state index in [-0.39, 0.29) is 11.7 Å². The number of hydrogen-bond acceptors (Lipinski definition) is 3. The van der Waals surface area contributed by atoms with Gasteiger partial charge in [0.15, 0.2) is 0 Å². The molecule has 0 N–H and O–H groups in total. The summed E-state index contributed by atoms with van der Waals surface area (Å²) in [6.45, 7) is 8.50. The smallest absolute Gasteiger partial charge is 0.253 e. The van der Waals surface area contributed by atoms with Crippen LogP contribution in [0, 0.1) is 11.7 Å². The van der Waals surface area contributed by atoms with Crippen LogP contribution in [0.3, 0.4) is 0 Å². The summed E-state index contributed by atoms with van der Waals surface area (Å²) in [5.74, 6) is 0.404. The Morgan fingerprint density at radius 2 is 1.79 bits per heavy atom. The van der Waals surface area contributed by atoms with Crippen molar-refractivity contribution < 1.29 is 9.18 Å². The molecule has 1 aromatic rings. The lowest BCUT2D eigenvalue weighted by atomic mass is 9.94. The lowest BCUT2D eigenvalue weighted by Crippen LogP contribution is -2.52. The number of carbonyl (C=O) groups is 1. The molecule has 0 bridgehead atoms. The largest absolute Gasteiger partial charge is 0.339 e. The molecule has 2 saturated heterocycles. The van der Waals surface area contributed by atoms with Gasteiger partial charge in [-0.3, -0.25) is 9.69 Å². The van der Waals surface area contributed by atoms with E-state index >= 15 is 0 Å². The summed E-state index contributed by atoms with van der Waals surface area (Å²) in [4.78, 5) is 19.4. The second-order valence-corrected chi connectivity index (χ2v) is 7.35. The first-order valence-electron chi connectivity index (χ1n) is 9.00. The normalized spacial score (nSPS) is 24.3. The molecule has 2 heterocycles. The summed E-state index contributed by atoms with van der Waals surface area (Å²) >= 11 is 0. The number of rotatable bonds is 3. The zero-order valence-electron chi connectivity index (χ0n) is 14.7. The number of nitrogens with zero attached hydrogens (tertiary/aromatic N) is 3. The standard InChI is InChI=1S/C19H28FN3O/c1-15-13-21(2)11-12-23(15)14-16-7-9-22(10-8-16)19(24)17-3-5-18(20)6-4-17/h3-6,15-16H,7-14H2,1-2H3. The second kappa shape index (κ2) is 7.62. The Balaban J connectivity index is 1.49. The van der Waals surface area contributed by atoms with E-state index in [0.717, 1.165) is 52.1 Å². The van der Waals surface area contributed by atoms with E-state index in [4.69, 9.17) is 0 Å². The second-order valence-electron chi connectivity index (χ2n) is 7.35. The maximum absolute atomic E-state index is 13.0. The summed E-state index contributed by atoms with van der Waals surface area (Å²) in [7, 11) is 2.19. The van der Waals surface area contributed by atoms with E-state index in [9.17, 15) is 9.18 Å². The molecule has 0 spiro atoms. The number of amides is 1. The lowest BCUT2D eigenvalue weighted by Gasteiger charge is -2.41. The van der Waals surface area contributed by atoms with Crippen molar-refractivity contribution in [1.82, 2.24) is 14.7 Å². The first kappa shape index (κ1) is 17.4. The molecule has 2 aliphatic heterocycles. The molecular formula is C19H28FN3O. The SMILES string of the molecule is CC1CN(C)CCN1CC1CCN(C(=O)c2ccc(F)cc2)CC1. The number of benzene rings is 1. The fourth-order valence-electron chi connectivity index (χ4n) is 3.87. The highest BCUT2D eigenvalue weighted by molar-refractivity contribution is 5.94. The highest BCUT2D eigenvalue weighted by Crippen LogP contribution is 2.22. The van der Waals surface area contributed by atoms with E-state index in [1.165, 1.54) is 12.1 Å². The van der Waals surface area contributed by atoms with Crippen LogP contribution in [0.5, 0.6) is 0 Å². The molecule has 24 heavy (non-hydrogen) atoms. The van der Waals surface area contributed by atoms with Gasteiger partial charge in [0, 0.05) is 50.9 Å². The molecule has 2 fully saturated rings. The van der Waals surface area contributed by atoms with Crippen LogP contribution in [0.1, 0.15) is 30.1 Å². The average Bonchev–Trinajstić information content (AvgIpc) is 2.58. The van der Waals surface area contributed by atoms with Crippen molar-refractivity contribution in [3.8, 4) is 0 Å². The van der Waals surface area contributed by atoms with Crippen LogP contribution in [0.2, 0.25) is 0 Å². The Hall–Kier alpha value is -1.46. The molecule has 0 aromatic heterocycles. The fraction of sp³-hybridized carbons (Fsp3) is 0.632.